The van der Waals surface area contributed by atoms with E-state index in [1.165, 1.54) is 24.0 Å². The van der Waals surface area contributed by atoms with Crippen LogP contribution in [-0.4, -0.2) is 36.9 Å². The van der Waals surface area contributed by atoms with Crippen molar-refractivity contribution in [2.24, 2.45) is 0 Å². The lowest BCUT2D eigenvalue weighted by atomic mass is 10.1. The number of hydrogen-bond acceptors (Lipinski definition) is 4. The third-order valence-electron chi connectivity index (χ3n) is 3.62. The fourth-order valence-corrected chi connectivity index (χ4v) is 2.18. The fourth-order valence-electron chi connectivity index (χ4n) is 2.18. The van der Waals surface area contributed by atoms with Crippen LogP contribution in [0, 0.1) is 0 Å². The maximum absolute atomic E-state index is 12.1. The molecule has 1 amide bonds. The molecular formula is C19H19F2NO4. The highest BCUT2D eigenvalue weighted by atomic mass is 19.3. The summed E-state index contributed by atoms with van der Waals surface area (Å²) in [5.74, 6) is 0.270. The first-order valence-electron chi connectivity index (χ1n) is 7.86. The molecule has 2 aromatic carbocycles. The van der Waals surface area contributed by atoms with Crippen molar-refractivity contribution in [1.82, 2.24) is 4.90 Å². The summed E-state index contributed by atoms with van der Waals surface area (Å²) >= 11 is 0. The number of hydrogen-bond donors (Lipinski definition) is 0. The van der Waals surface area contributed by atoms with Crippen molar-refractivity contribution in [2.45, 2.75) is 20.1 Å². The Morgan fingerprint density at radius 2 is 1.58 bits per heavy atom. The van der Waals surface area contributed by atoms with Gasteiger partial charge in [-0.25, -0.2) is 0 Å². The van der Waals surface area contributed by atoms with Crippen molar-refractivity contribution in [1.29, 1.82) is 0 Å². The van der Waals surface area contributed by atoms with E-state index in [4.69, 9.17) is 4.74 Å². The zero-order valence-corrected chi connectivity index (χ0v) is 14.4. The Morgan fingerprint density at radius 1 is 1.00 bits per heavy atom. The predicted molar refractivity (Wildman–Crippen MR) is 91.5 cm³/mol. The maximum Gasteiger partial charge on any atom is 0.387 e. The summed E-state index contributed by atoms with van der Waals surface area (Å²) in [6.45, 7) is -1.24. The Balaban J connectivity index is 1.84. The van der Waals surface area contributed by atoms with E-state index in [9.17, 15) is 18.4 Å². The zero-order valence-electron chi connectivity index (χ0n) is 14.4. The number of benzene rings is 2. The number of ketones is 1. The summed E-state index contributed by atoms with van der Waals surface area (Å²) in [7, 11) is 1.62. The van der Waals surface area contributed by atoms with Gasteiger partial charge in [0.05, 0.1) is 0 Å². The van der Waals surface area contributed by atoms with Gasteiger partial charge in [0.15, 0.2) is 12.4 Å². The van der Waals surface area contributed by atoms with Gasteiger partial charge in [0.1, 0.15) is 11.5 Å². The minimum Gasteiger partial charge on any atom is -0.484 e. The average Bonchev–Trinajstić information content (AvgIpc) is 2.61. The van der Waals surface area contributed by atoms with Crippen molar-refractivity contribution in [3.05, 3.63) is 59.7 Å². The number of likely N-dealkylation sites (N-methyl/N-ethyl adjacent to an activating group) is 1. The number of amides is 1. The lowest BCUT2D eigenvalue weighted by molar-refractivity contribution is -0.132. The largest absolute Gasteiger partial charge is 0.484 e. The number of nitrogens with zero attached hydrogens (tertiary/aromatic N) is 1. The van der Waals surface area contributed by atoms with Crippen molar-refractivity contribution >= 4 is 11.7 Å². The number of ether oxygens (including phenoxy) is 2. The van der Waals surface area contributed by atoms with E-state index in [-0.39, 0.29) is 24.0 Å². The molecule has 0 saturated carbocycles. The molecule has 5 nitrogen and oxygen atoms in total. The van der Waals surface area contributed by atoms with E-state index in [0.29, 0.717) is 17.9 Å². The summed E-state index contributed by atoms with van der Waals surface area (Å²) in [5, 5.41) is 0. The van der Waals surface area contributed by atoms with Crippen molar-refractivity contribution in [3.63, 3.8) is 0 Å². The number of carbonyl (C=O) groups is 2. The second-order valence-corrected chi connectivity index (χ2v) is 5.64. The molecule has 138 valence electrons. The molecule has 7 heteroatoms. The SMILES string of the molecule is CC(=O)c1ccc(OCC(=O)N(C)Cc2ccc(OC(F)F)cc2)cc1. The van der Waals surface area contributed by atoms with Crippen LogP contribution in [0.25, 0.3) is 0 Å². The lowest BCUT2D eigenvalue weighted by Gasteiger charge is -2.18. The van der Waals surface area contributed by atoms with E-state index in [0.717, 1.165) is 5.56 Å². The third-order valence-corrected chi connectivity index (χ3v) is 3.62. The highest BCUT2D eigenvalue weighted by Crippen LogP contribution is 2.16. The Bertz CT molecular complexity index is 745. The molecule has 0 N–H and O–H groups in total. The van der Waals surface area contributed by atoms with Gasteiger partial charge in [0.2, 0.25) is 0 Å². The van der Waals surface area contributed by atoms with Gasteiger partial charge in [-0.3, -0.25) is 9.59 Å². The molecule has 0 aliphatic heterocycles. The number of alkyl halides is 2. The van der Waals surface area contributed by atoms with E-state index in [1.54, 1.807) is 43.4 Å². The summed E-state index contributed by atoms with van der Waals surface area (Å²) in [6.07, 6.45) is 0. The molecule has 0 unspecified atom stereocenters. The molecule has 0 atom stereocenters. The maximum atomic E-state index is 12.1. The second kappa shape index (κ2) is 8.94. The monoisotopic (exact) mass is 363 g/mol. The third kappa shape index (κ3) is 5.84. The van der Waals surface area contributed by atoms with Gasteiger partial charge < -0.3 is 14.4 Å². The van der Waals surface area contributed by atoms with Crippen molar-refractivity contribution < 1.29 is 27.8 Å². The summed E-state index contributed by atoms with van der Waals surface area (Å²) in [6, 6.07) is 12.6. The molecular weight excluding hydrogens is 344 g/mol. The molecule has 0 aromatic heterocycles. The van der Waals surface area contributed by atoms with E-state index < -0.39 is 6.61 Å². The highest BCUT2D eigenvalue weighted by Gasteiger charge is 2.11. The topological polar surface area (TPSA) is 55.8 Å². The first kappa shape index (κ1) is 19.4. The Hall–Kier alpha value is -2.96. The summed E-state index contributed by atoms with van der Waals surface area (Å²) in [5.41, 5.74) is 1.34. The van der Waals surface area contributed by atoms with Crippen LogP contribution in [0.15, 0.2) is 48.5 Å². The number of carbonyl (C=O) groups excluding carboxylic acids is 2. The van der Waals surface area contributed by atoms with Crippen LogP contribution in [0.3, 0.4) is 0 Å². The van der Waals surface area contributed by atoms with Gasteiger partial charge in [-0.2, -0.15) is 8.78 Å². The normalized spacial score (nSPS) is 10.5. The molecule has 0 spiro atoms. The lowest BCUT2D eigenvalue weighted by Crippen LogP contribution is -2.30. The zero-order chi connectivity index (χ0) is 19.1. The molecule has 0 aliphatic rings. The molecule has 2 rings (SSSR count). The number of Topliss-reactive ketones (excluding diaryl/α,β-unsaturated/α-hetero) is 1. The van der Waals surface area contributed by atoms with Gasteiger partial charge in [-0.15, -0.1) is 0 Å². The molecule has 0 saturated heterocycles. The van der Waals surface area contributed by atoms with Gasteiger partial charge in [0.25, 0.3) is 5.91 Å². The van der Waals surface area contributed by atoms with Gasteiger partial charge in [-0.1, -0.05) is 12.1 Å². The molecule has 26 heavy (non-hydrogen) atoms. The Labute approximate surface area is 150 Å². The number of rotatable bonds is 8. The van der Waals surface area contributed by atoms with Crippen molar-refractivity contribution in [3.8, 4) is 11.5 Å². The van der Waals surface area contributed by atoms with Crippen molar-refractivity contribution in [2.75, 3.05) is 13.7 Å². The summed E-state index contributed by atoms with van der Waals surface area (Å²) in [4.78, 5) is 24.8. The van der Waals surface area contributed by atoms with E-state index in [1.807, 2.05) is 0 Å². The second-order valence-electron chi connectivity index (χ2n) is 5.64. The fraction of sp³-hybridized carbons (Fsp3) is 0.263. The number of halogens is 2. The van der Waals surface area contributed by atoms with E-state index >= 15 is 0 Å². The van der Waals surface area contributed by atoms with Gasteiger partial charge >= 0.3 is 6.61 Å². The van der Waals surface area contributed by atoms with Crippen LogP contribution >= 0.6 is 0 Å². The molecule has 0 heterocycles. The Kier molecular flexibility index (Phi) is 6.66. The van der Waals surface area contributed by atoms with Gasteiger partial charge in [0, 0.05) is 19.2 Å². The Morgan fingerprint density at radius 3 is 2.12 bits per heavy atom. The standard InChI is InChI=1S/C19H19F2NO4/c1-13(23)15-5-9-16(10-6-15)25-12-18(24)22(2)11-14-3-7-17(8-4-14)26-19(20)21/h3-10,19H,11-12H2,1-2H3. The van der Waals surface area contributed by atoms with E-state index in [2.05, 4.69) is 4.74 Å². The molecule has 0 fully saturated rings. The van der Waals surface area contributed by atoms with Crippen LogP contribution in [0.2, 0.25) is 0 Å². The van der Waals surface area contributed by atoms with Crippen LogP contribution in [0.4, 0.5) is 8.78 Å². The molecule has 2 aromatic rings. The molecule has 0 radical (unpaired) electrons. The predicted octanol–water partition coefficient (Wildman–Crippen LogP) is 3.53. The first-order chi connectivity index (χ1) is 12.3. The van der Waals surface area contributed by atoms with Crippen LogP contribution in [-0.2, 0) is 11.3 Å². The molecule has 0 bridgehead atoms. The van der Waals surface area contributed by atoms with Crippen LogP contribution < -0.4 is 9.47 Å². The average molecular weight is 363 g/mol. The smallest absolute Gasteiger partial charge is 0.387 e. The first-order valence-corrected chi connectivity index (χ1v) is 7.86. The minimum atomic E-state index is -2.87. The quantitative estimate of drug-likeness (QED) is 0.674. The summed E-state index contributed by atoms with van der Waals surface area (Å²) < 4.78 is 33.9. The van der Waals surface area contributed by atoms with Crippen LogP contribution in [0.1, 0.15) is 22.8 Å². The molecule has 0 aliphatic carbocycles. The minimum absolute atomic E-state index is 0.0441. The highest BCUT2D eigenvalue weighted by molar-refractivity contribution is 5.94. The van der Waals surface area contributed by atoms with Gasteiger partial charge in [-0.05, 0) is 48.9 Å². The van der Waals surface area contributed by atoms with Crippen LogP contribution in [0.5, 0.6) is 11.5 Å².